The average molecular weight is 288 g/mol. The van der Waals surface area contributed by atoms with Gasteiger partial charge in [-0.15, -0.1) is 0 Å². The maximum absolute atomic E-state index is 11.6. The fourth-order valence-electron chi connectivity index (χ4n) is 2.98. The highest BCUT2D eigenvalue weighted by Gasteiger charge is 2.13. The molecule has 0 aliphatic rings. The molecule has 0 saturated carbocycles. The van der Waals surface area contributed by atoms with Crippen molar-refractivity contribution in [2.24, 2.45) is 0 Å². The lowest BCUT2D eigenvalue weighted by Gasteiger charge is -2.13. The van der Waals surface area contributed by atoms with Crippen LogP contribution in [0.2, 0.25) is 0 Å². The molecule has 0 aliphatic carbocycles. The van der Waals surface area contributed by atoms with Gasteiger partial charge in [-0.1, -0.05) is 49.0 Å². The van der Waals surface area contributed by atoms with Crippen LogP contribution in [-0.4, -0.2) is 6.16 Å². The van der Waals surface area contributed by atoms with E-state index in [1.54, 1.807) is 6.07 Å². The second-order valence-corrected chi connectivity index (χ2v) is 5.06. The van der Waals surface area contributed by atoms with Gasteiger partial charge in [-0.3, -0.25) is 0 Å². The Morgan fingerprint density at radius 1 is 0.864 bits per heavy atom. The van der Waals surface area contributed by atoms with Crippen LogP contribution in [0.3, 0.4) is 0 Å². The molecule has 0 spiro atoms. The Balaban J connectivity index is 2.04. The van der Waals surface area contributed by atoms with Gasteiger partial charge in [-0.25, -0.2) is 4.79 Å². The molecule has 4 rings (SSSR count). The van der Waals surface area contributed by atoms with Crippen molar-refractivity contribution in [2.75, 3.05) is 0 Å². The molecular formula is C19H12O3. The van der Waals surface area contributed by atoms with Crippen LogP contribution >= 0.6 is 0 Å². The van der Waals surface area contributed by atoms with Gasteiger partial charge in [0.05, 0.1) is 6.26 Å². The number of carbonyl (C=O) groups is 1. The van der Waals surface area contributed by atoms with Gasteiger partial charge in [-0.05, 0) is 33.7 Å². The Bertz CT molecular complexity index is 1000. The molecule has 0 fully saturated rings. The molecule has 0 bridgehead atoms. The Hall–Kier alpha value is -3.07. The smallest absolute Gasteiger partial charge is 0.403 e. The molecule has 0 aliphatic heterocycles. The van der Waals surface area contributed by atoms with Crippen molar-refractivity contribution in [3.05, 3.63) is 67.4 Å². The van der Waals surface area contributed by atoms with Crippen LogP contribution in [0, 0.1) is 0 Å². The predicted molar refractivity (Wildman–Crippen MR) is 87.5 cm³/mol. The number of ether oxygens (including phenoxy) is 2. The van der Waals surface area contributed by atoms with E-state index < -0.39 is 6.16 Å². The van der Waals surface area contributed by atoms with E-state index in [1.807, 2.05) is 24.3 Å². The van der Waals surface area contributed by atoms with Crippen molar-refractivity contribution < 1.29 is 14.3 Å². The molecule has 3 heteroatoms. The van der Waals surface area contributed by atoms with Crippen LogP contribution in [0.1, 0.15) is 0 Å². The second-order valence-electron chi connectivity index (χ2n) is 5.06. The van der Waals surface area contributed by atoms with Crippen molar-refractivity contribution in [1.82, 2.24) is 0 Å². The second kappa shape index (κ2) is 4.74. The zero-order valence-electron chi connectivity index (χ0n) is 11.7. The molecule has 0 saturated heterocycles. The zero-order valence-corrected chi connectivity index (χ0v) is 11.7. The lowest BCUT2D eigenvalue weighted by molar-refractivity contribution is 0.136. The van der Waals surface area contributed by atoms with Crippen molar-refractivity contribution in [2.45, 2.75) is 0 Å². The van der Waals surface area contributed by atoms with Crippen LogP contribution in [0.15, 0.2) is 67.4 Å². The number of hydrogen-bond acceptors (Lipinski definition) is 3. The molecule has 3 nitrogen and oxygen atoms in total. The molecule has 0 aromatic heterocycles. The predicted octanol–water partition coefficient (Wildman–Crippen LogP) is 5.24. The first-order valence-electron chi connectivity index (χ1n) is 6.94. The largest absolute Gasteiger partial charge is 0.518 e. The van der Waals surface area contributed by atoms with Crippen molar-refractivity contribution in [3.63, 3.8) is 0 Å². The van der Waals surface area contributed by atoms with Gasteiger partial charge in [0.15, 0.2) is 0 Å². The number of hydrogen-bond donors (Lipinski definition) is 0. The lowest BCUT2D eigenvalue weighted by atomic mass is 9.94. The van der Waals surface area contributed by atoms with E-state index >= 15 is 0 Å². The first-order chi connectivity index (χ1) is 10.8. The molecule has 0 N–H and O–H groups in total. The standard InChI is InChI=1S/C19H12O3/c1-2-21-19(20)22-16-11-9-14-7-6-12-4-3-5-13-8-10-15(16)18(14)17(12)13/h2-11H,1H2. The van der Waals surface area contributed by atoms with Gasteiger partial charge in [0, 0.05) is 10.8 Å². The van der Waals surface area contributed by atoms with Crippen molar-refractivity contribution in [1.29, 1.82) is 0 Å². The first kappa shape index (κ1) is 12.7. The third kappa shape index (κ3) is 1.79. The summed E-state index contributed by atoms with van der Waals surface area (Å²) in [5.74, 6) is 0.484. The highest BCUT2D eigenvalue weighted by molar-refractivity contribution is 6.24. The Morgan fingerprint density at radius 2 is 1.50 bits per heavy atom. The van der Waals surface area contributed by atoms with Crippen LogP contribution in [-0.2, 0) is 4.74 Å². The van der Waals surface area contributed by atoms with Gasteiger partial charge < -0.3 is 9.47 Å². The summed E-state index contributed by atoms with van der Waals surface area (Å²) in [6.45, 7) is 3.35. The van der Waals surface area contributed by atoms with Gasteiger partial charge in [-0.2, -0.15) is 0 Å². The summed E-state index contributed by atoms with van der Waals surface area (Å²) < 4.78 is 9.92. The topological polar surface area (TPSA) is 35.5 Å². The van der Waals surface area contributed by atoms with Crippen LogP contribution in [0.5, 0.6) is 5.75 Å². The van der Waals surface area contributed by atoms with Gasteiger partial charge in [0.1, 0.15) is 5.75 Å². The van der Waals surface area contributed by atoms with Gasteiger partial charge in [0.25, 0.3) is 0 Å². The van der Waals surface area contributed by atoms with E-state index in [1.165, 1.54) is 16.2 Å². The maximum atomic E-state index is 11.6. The molecule has 0 unspecified atom stereocenters. The normalized spacial score (nSPS) is 11.1. The summed E-state index contributed by atoms with van der Waals surface area (Å²) in [6.07, 6.45) is 0.267. The Morgan fingerprint density at radius 3 is 2.23 bits per heavy atom. The summed E-state index contributed by atoms with van der Waals surface area (Å²) in [5.41, 5.74) is 0. The van der Waals surface area contributed by atoms with E-state index in [-0.39, 0.29) is 0 Å². The summed E-state index contributed by atoms with van der Waals surface area (Å²) in [4.78, 5) is 11.6. The molecule has 4 aromatic carbocycles. The highest BCUT2D eigenvalue weighted by atomic mass is 16.7. The van der Waals surface area contributed by atoms with E-state index in [0.29, 0.717) is 5.75 Å². The molecule has 0 radical (unpaired) electrons. The molecule has 22 heavy (non-hydrogen) atoms. The molecule has 0 atom stereocenters. The maximum Gasteiger partial charge on any atom is 0.518 e. The minimum absolute atomic E-state index is 0.484. The highest BCUT2D eigenvalue weighted by Crippen LogP contribution is 2.38. The van der Waals surface area contributed by atoms with E-state index in [4.69, 9.17) is 4.74 Å². The number of rotatable bonds is 2. The Labute approximate surface area is 126 Å². The van der Waals surface area contributed by atoms with Crippen LogP contribution < -0.4 is 4.74 Å². The third-order valence-corrected chi connectivity index (χ3v) is 3.86. The van der Waals surface area contributed by atoms with E-state index in [2.05, 4.69) is 35.6 Å². The zero-order chi connectivity index (χ0) is 15.1. The van der Waals surface area contributed by atoms with Crippen molar-refractivity contribution >= 4 is 38.5 Å². The quantitative estimate of drug-likeness (QED) is 0.219. The minimum atomic E-state index is -0.787. The molecular weight excluding hydrogens is 276 g/mol. The first-order valence-corrected chi connectivity index (χ1v) is 6.94. The van der Waals surface area contributed by atoms with Crippen molar-refractivity contribution in [3.8, 4) is 5.75 Å². The summed E-state index contributed by atoms with van der Waals surface area (Å²) in [5, 5.41) is 6.62. The summed E-state index contributed by atoms with van der Waals surface area (Å²) in [6, 6.07) is 18.1. The molecule has 0 heterocycles. The average Bonchev–Trinajstić information content (AvgIpc) is 2.54. The minimum Gasteiger partial charge on any atom is -0.403 e. The van der Waals surface area contributed by atoms with Crippen LogP contribution in [0.25, 0.3) is 32.3 Å². The summed E-state index contributed by atoms with van der Waals surface area (Å²) in [7, 11) is 0. The van der Waals surface area contributed by atoms with Crippen LogP contribution in [0.4, 0.5) is 4.79 Å². The third-order valence-electron chi connectivity index (χ3n) is 3.86. The van der Waals surface area contributed by atoms with Gasteiger partial charge >= 0.3 is 6.16 Å². The number of carbonyl (C=O) groups excluding carboxylic acids is 1. The fraction of sp³-hybridized carbons (Fsp3) is 0. The number of benzene rings is 4. The fourth-order valence-corrected chi connectivity index (χ4v) is 2.98. The van der Waals surface area contributed by atoms with E-state index in [0.717, 1.165) is 22.4 Å². The Kier molecular flexibility index (Phi) is 2.73. The van der Waals surface area contributed by atoms with Gasteiger partial charge in [0.2, 0.25) is 0 Å². The lowest BCUT2D eigenvalue weighted by Crippen LogP contribution is -2.07. The molecule has 0 amide bonds. The molecule has 4 aromatic rings. The molecule has 106 valence electrons. The monoisotopic (exact) mass is 288 g/mol. The van der Waals surface area contributed by atoms with E-state index in [9.17, 15) is 4.79 Å². The SMILES string of the molecule is C=COC(=O)Oc1ccc2ccc3cccc4ccc1c2c34. The summed E-state index contributed by atoms with van der Waals surface area (Å²) >= 11 is 0.